The first-order valence-electron chi connectivity index (χ1n) is 15.8. The van der Waals surface area contributed by atoms with Crippen molar-refractivity contribution in [3.8, 4) is 11.6 Å². The molecule has 1 fully saturated rings. The van der Waals surface area contributed by atoms with Gasteiger partial charge in [0.15, 0.2) is 11.3 Å². The van der Waals surface area contributed by atoms with Crippen LogP contribution in [0.4, 0.5) is 11.6 Å². The van der Waals surface area contributed by atoms with Crippen LogP contribution in [0.5, 0.6) is 11.6 Å². The van der Waals surface area contributed by atoms with Crippen molar-refractivity contribution in [1.29, 1.82) is 0 Å². The van der Waals surface area contributed by atoms with Gasteiger partial charge in [-0.15, -0.1) is 5.10 Å². The SMILES string of the molecule is CC.Nc1ncnc2[nH]nc(Sc3cccc4ccccc34)c12.Nc1ncnc2c1c(Oc1cccc(Cl)c1)nn2CCN1CCOCC1. The molecule has 0 unspecified atom stereocenters. The van der Waals surface area contributed by atoms with Crippen molar-refractivity contribution in [3.63, 3.8) is 0 Å². The van der Waals surface area contributed by atoms with E-state index in [-0.39, 0.29) is 0 Å². The molecule has 0 atom stereocenters. The minimum atomic E-state index is 0.338. The van der Waals surface area contributed by atoms with Crippen LogP contribution in [0.25, 0.3) is 32.8 Å². The second kappa shape index (κ2) is 15.9. The highest BCUT2D eigenvalue weighted by molar-refractivity contribution is 7.99. The lowest BCUT2D eigenvalue weighted by atomic mass is 10.1. The molecule has 3 aromatic carbocycles. The van der Waals surface area contributed by atoms with E-state index in [0.717, 1.165) is 48.2 Å². The third-order valence-electron chi connectivity index (χ3n) is 7.58. The number of nitrogens with two attached hydrogens (primary N) is 2. The summed E-state index contributed by atoms with van der Waals surface area (Å²) in [5, 5.41) is 16.9. The number of fused-ring (bicyclic) bond motifs is 3. The number of morpholine rings is 1. The van der Waals surface area contributed by atoms with Crippen molar-refractivity contribution in [2.75, 3.05) is 44.3 Å². The number of nitrogens with one attached hydrogen (secondary N) is 1. The number of hydrogen-bond donors (Lipinski definition) is 3. The summed E-state index contributed by atoms with van der Waals surface area (Å²) >= 11 is 7.60. The topological polar surface area (TPSA) is 172 Å². The number of hydrogen-bond acceptors (Lipinski definition) is 12. The van der Waals surface area contributed by atoms with E-state index in [9.17, 15) is 0 Å². The van der Waals surface area contributed by atoms with Crippen LogP contribution in [0.1, 0.15) is 13.8 Å². The number of benzene rings is 3. The standard InChI is InChI=1S/C17H19ClN6O2.C15H11N5S.C2H6/c18-12-2-1-3-13(10-12)26-17-14-15(19)20-11-21-16(14)24(22-17)5-4-23-6-8-25-9-7-23;16-13-12-14(18-8-17-13)19-20-15(12)21-11-7-3-5-9-4-1-2-6-10(9)11;1-2/h1-3,10-11H,4-9H2,(H2,19,20,21);1-8H,(H3,16,17,18,19,20);1-2H3. The first-order chi connectivity index (χ1) is 24.0. The van der Waals surface area contributed by atoms with Crippen LogP contribution < -0.4 is 16.2 Å². The van der Waals surface area contributed by atoms with E-state index in [1.807, 2.05) is 48.9 Å². The van der Waals surface area contributed by atoms with E-state index in [4.69, 9.17) is 32.5 Å². The average molecular weight is 698 g/mol. The van der Waals surface area contributed by atoms with Gasteiger partial charge in [-0.1, -0.05) is 79.7 Å². The Balaban J connectivity index is 0.000000165. The Labute approximate surface area is 292 Å². The van der Waals surface area contributed by atoms with Gasteiger partial charge < -0.3 is 20.9 Å². The molecule has 4 aromatic heterocycles. The van der Waals surface area contributed by atoms with Gasteiger partial charge in [0.1, 0.15) is 40.5 Å². The highest BCUT2D eigenvalue weighted by Crippen LogP contribution is 2.37. The molecule has 1 saturated heterocycles. The van der Waals surface area contributed by atoms with Crippen LogP contribution in [-0.4, -0.2) is 77.7 Å². The predicted octanol–water partition coefficient (Wildman–Crippen LogP) is 6.45. The van der Waals surface area contributed by atoms with E-state index in [2.05, 4.69) is 64.4 Å². The van der Waals surface area contributed by atoms with Crippen LogP contribution in [0, 0.1) is 0 Å². The number of halogens is 1. The fourth-order valence-electron chi connectivity index (χ4n) is 5.24. The van der Waals surface area contributed by atoms with Crippen molar-refractivity contribution in [2.24, 2.45) is 0 Å². The van der Waals surface area contributed by atoms with E-state index in [0.29, 0.717) is 51.5 Å². The first-order valence-corrected chi connectivity index (χ1v) is 17.0. The van der Waals surface area contributed by atoms with Crippen LogP contribution in [0.3, 0.4) is 0 Å². The Morgan fingerprint density at radius 2 is 1.61 bits per heavy atom. The van der Waals surface area contributed by atoms with E-state index in [1.165, 1.54) is 23.4 Å². The summed E-state index contributed by atoms with van der Waals surface area (Å²) < 4.78 is 13.1. The maximum absolute atomic E-state index is 6.06. The van der Waals surface area contributed by atoms with Crippen LogP contribution in [0.2, 0.25) is 5.02 Å². The largest absolute Gasteiger partial charge is 0.437 e. The summed E-state index contributed by atoms with van der Waals surface area (Å²) in [6.07, 6.45) is 2.87. The van der Waals surface area contributed by atoms with E-state index >= 15 is 0 Å². The molecule has 7 aromatic rings. The molecule has 8 rings (SSSR count). The third kappa shape index (κ3) is 7.84. The number of rotatable bonds is 7. The lowest BCUT2D eigenvalue weighted by molar-refractivity contribution is 0.0361. The monoisotopic (exact) mass is 697 g/mol. The zero-order chi connectivity index (χ0) is 34.2. The zero-order valence-corrected chi connectivity index (χ0v) is 28.7. The van der Waals surface area contributed by atoms with Crippen LogP contribution in [-0.2, 0) is 11.3 Å². The summed E-state index contributed by atoms with van der Waals surface area (Å²) in [5.41, 5.74) is 13.3. The van der Waals surface area contributed by atoms with Crippen LogP contribution >= 0.6 is 23.4 Å². The Kier molecular flexibility index (Phi) is 11.0. The van der Waals surface area contributed by atoms with Gasteiger partial charge in [0.05, 0.1) is 25.1 Å². The fourth-order valence-corrected chi connectivity index (χ4v) is 6.47. The molecule has 5 heterocycles. The van der Waals surface area contributed by atoms with Gasteiger partial charge in [-0.05, 0) is 35.0 Å². The molecular weight excluding hydrogens is 662 g/mol. The van der Waals surface area contributed by atoms with Crippen molar-refractivity contribution < 1.29 is 9.47 Å². The average Bonchev–Trinajstić information content (AvgIpc) is 3.71. The molecule has 0 spiro atoms. The molecule has 13 nitrogen and oxygen atoms in total. The third-order valence-corrected chi connectivity index (χ3v) is 8.88. The Bertz CT molecular complexity index is 2160. The van der Waals surface area contributed by atoms with Gasteiger partial charge in [-0.25, -0.2) is 24.6 Å². The molecule has 15 heteroatoms. The molecule has 1 aliphatic rings. The molecule has 0 radical (unpaired) electrons. The highest BCUT2D eigenvalue weighted by Gasteiger charge is 2.19. The Morgan fingerprint density at radius 3 is 2.43 bits per heavy atom. The van der Waals surface area contributed by atoms with Crippen molar-refractivity contribution >= 4 is 67.8 Å². The smallest absolute Gasteiger partial charge is 0.251 e. The molecule has 0 aliphatic carbocycles. The van der Waals surface area contributed by atoms with Gasteiger partial charge in [0.2, 0.25) is 0 Å². The Hall–Kier alpha value is -5.02. The number of nitrogen functional groups attached to an aromatic ring is 2. The van der Waals surface area contributed by atoms with E-state index in [1.54, 1.807) is 23.9 Å². The molecule has 1 aliphatic heterocycles. The molecule has 252 valence electrons. The molecule has 49 heavy (non-hydrogen) atoms. The minimum Gasteiger partial charge on any atom is -0.437 e. The second-order valence-corrected chi connectivity index (χ2v) is 12.1. The number of aromatic amines is 1. The Morgan fingerprint density at radius 1 is 0.878 bits per heavy atom. The van der Waals surface area contributed by atoms with Crippen molar-refractivity contribution in [1.82, 2.24) is 44.8 Å². The molecule has 0 bridgehead atoms. The highest BCUT2D eigenvalue weighted by atomic mass is 35.5. The maximum Gasteiger partial charge on any atom is 0.251 e. The lowest BCUT2D eigenvalue weighted by Crippen LogP contribution is -2.38. The molecule has 0 saturated carbocycles. The summed E-state index contributed by atoms with van der Waals surface area (Å²) in [6, 6.07) is 21.6. The second-order valence-electron chi connectivity index (χ2n) is 10.6. The van der Waals surface area contributed by atoms with Gasteiger partial charge in [0.25, 0.3) is 5.88 Å². The van der Waals surface area contributed by atoms with Gasteiger partial charge in [0, 0.05) is 29.6 Å². The zero-order valence-electron chi connectivity index (χ0n) is 27.1. The maximum atomic E-state index is 6.06. The van der Waals surface area contributed by atoms with E-state index < -0.39 is 0 Å². The van der Waals surface area contributed by atoms with Gasteiger partial charge >= 0.3 is 0 Å². The number of H-pyrrole nitrogens is 1. The van der Waals surface area contributed by atoms with Gasteiger partial charge in [-0.3, -0.25) is 10.00 Å². The first kappa shape index (κ1) is 33.9. The number of anilines is 2. The number of ether oxygens (including phenoxy) is 2. The molecule has 0 amide bonds. The fraction of sp³-hybridized carbons (Fsp3) is 0.235. The molecule has 5 N–H and O–H groups in total. The van der Waals surface area contributed by atoms with Crippen molar-refractivity contribution in [2.45, 2.75) is 30.3 Å². The number of nitrogens with zero attached hydrogens (tertiary/aromatic N) is 8. The lowest BCUT2D eigenvalue weighted by Gasteiger charge is -2.26. The summed E-state index contributed by atoms with van der Waals surface area (Å²) in [5.74, 6) is 1.74. The normalized spacial score (nSPS) is 13.1. The van der Waals surface area contributed by atoms with Crippen LogP contribution in [0.15, 0.2) is 89.3 Å². The summed E-state index contributed by atoms with van der Waals surface area (Å²) in [4.78, 5) is 20.1. The summed E-state index contributed by atoms with van der Waals surface area (Å²) in [7, 11) is 0. The quantitative estimate of drug-likeness (QED) is 0.166. The van der Waals surface area contributed by atoms with Gasteiger partial charge in [-0.2, -0.15) is 5.10 Å². The molecular formula is C34H36ClN11O2S. The number of aromatic nitrogens is 8. The summed E-state index contributed by atoms with van der Waals surface area (Å²) in [6.45, 7) is 8.88. The predicted molar refractivity (Wildman–Crippen MR) is 194 cm³/mol. The van der Waals surface area contributed by atoms with Crippen molar-refractivity contribution in [3.05, 3.63) is 84.4 Å². The minimum absolute atomic E-state index is 0.338.